The fourth-order valence-electron chi connectivity index (χ4n) is 2.04. The Bertz CT molecular complexity index is 670. The topological polar surface area (TPSA) is 67.4 Å². The highest BCUT2D eigenvalue weighted by atomic mass is 35.5. The zero-order valence-electron chi connectivity index (χ0n) is 15.3. The second-order valence-corrected chi connectivity index (χ2v) is 6.80. The summed E-state index contributed by atoms with van der Waals surface area (Å²) in [5.74, 6) is 5.30. The molecule has 0 heterocycles. The molecule has 1 aromatic carbocycles. The number of halogens is 1. The third-order valence-electron chi connectivity index (χ3n) is 3.09. The SMILES string of the molecule is CC(C)(C)OC(=O)N[C@@H](Cc1ccccc1)C(=O)NCCC#C/C=C\Cl. The van der Waals surface area contributed by atoms with Crippen molar-refractivity contribution in [2.75, 3.05) is 6.54 Å². The lowest BCUT2D eigenvalue weighted by Crippen LogP contribution is -2.49. The molecule has 2 N–H and O–H groups in total. The summed E-state index contributed by atoms with van der Waals surface area (Å²) in [6, 6.07) is 8.74. The van der Waals surface area contributed by atoms with E-state index in [1.165, 1.54) is 11.6 Å². The van der Waals surface area contributed by atoms with Gasteiger partial charge in [0.2, 0.25) is 5.91 Å². The molecule has 0 unspecified atom stereocenters. The summed E-state index contributed by atoms with van der Waals surface area (Å²) in [7, 11) is 0. The Hall–Kier alpha value is -2.45. The molecule has 0 aliphatic heterocycles. The molecule has 0 saturated heterocycles. The van der Waals surface area contributed by atoms with Gasteiger partial charge in [-0.15, -0.1) is 0 Å². The summed E-state index contributed by atoms with van der Waals surface area (Å²) < 4.78 is 5.25. The van der Waals surface area contributed by atoms with Crippen molar-refractivity contribution in [3.8, 4) is 11.8 Å². The summed E-state index contributed by atoms with van der Waals surface area (Å²) in [4.78, 5) is 24.5. The van der Waals surface area contributed by atoms with Crippen LogP contribution in [0.3, 0.4) is 0 Å². The van der Waals surface area contributed by atoms with Crippen LogP contribution < -0.4 is 10.6 Å². The molecule has 0 bridgehead atoms. The van der Waals surface area contributed by atoms with Crippen LogP contribution in [0.15, 0.2) is 41.9 Å². The monoisotopic (exact) mass is 376 g/mol. The van der Waals surface area contributed by atoms with Crippen molar-refractivity contribution >= 4 is 23.6 Å². The Kier molecular flexibility index (Phi) is 9.32. The first kappa shape index (κ1) is 21.6. The van der Waals surface area contributed by atoms with Crippen molar-refractivity contribution in [3.05, 3.63) is 47.5 Å². The summed E-state index contributed by atoms with van der Waals surface area (Å²) in [6.45, 7) is 5.69. The van der Waals surface area contributed by atoms with Crippen molar-refractivity contribution in [1.82, 2.24) is 10.6 Å². The van der Waals surface area contributed by atoms with Gasteiger partial charge in [0, 0.05) is 24.9 Å². The number of ether oxygens (including phenoxy) is 1. The van der Waals surface area contributed by atoms with Crippen molar-refractivity contribution < 1.29 is 14.3 Å². The van der Waals surface area contributed by atoms with E-state index < -0.39 is 17.7 Å². The fourth-order valence-corrected chi connectivity index (χ4v) is 2.11. The van der Waals surface area contributed by atoms with Crippen LogP contribution >= 0.6 is 11.6 Å². The first-order valence-electron chi connectivity index (χ1n) is 8.36. The van der Waals surface area contributed by atoms with Crippen molar-refractivity contribution in [2.24, 2.45) is 0 Å². The van der Waals surface area contributed by atoms with Crippen molar-refractivity contribution in [2.45, 2.75) is 45.3 Å². The van der Waals surface area contributed by atoms with E-state index in [2.05, 4.69) is 22.5 Å². The van der Waals surface area contributed by atoms with E-state index in [1.807, 2.05) is 30.3 Å². The predicted octanol–water partition coefficient (Wildman–Crippen LogP) is 3.38. The van der Waals surface area contributed by atoms with Gasteiger partial charge in [0.1, 0.15) is 11.6 Å². The van der Waals surface area contributed by atoms with Gasteiger partial charge in [-0.1, -0.05) is 53.8 Å². The number of allylic oxidation sites excluding steroid dienone is 1. The van der Waals surface area contributed by atoms with E-state index in [4.69, 9.17) is 16.3 Å². The number of carbonyl (C=O) groups is 2. The summed E-state index contributed by atoms with van der Waals surface area (Å²) >= 11 is 5.37. The number of rotatable bonds is 6. The predicted molar refractivity (Wildman–Crippen MR) is 104 cm³/mol. The molecule has 1 aromatic rings. The van der Waals surface area contributed by atoms with Crippen LogP contribution in [0.5, 0.6) is 0 Å². The maximum absolute atomic E-state index is 12.5. The van der Waals surface area contributed by atoms with Crippen LogP contribution in [0.25, 0.3) is 0 Å². The standard InChI is InChI=1S/C20H25ClN2O3/c1-20(2,3)26-19(25)23-17(15-16-11-7-6-8-12-16)18(24)22-14-10-5-4-9-13-21/h6-9,11-13,17H,10,14-15H2,1-3H3,(H,22,24)(H,23,25)/b13-9-/t17-/m0/s1. The highest BCUT2D eigenvalue weighted by molar-refractivity contribution is 6.25. The molecule has 26 heavy (non-hydrogen) atoms. The maximum Gasteiger partial charge on any atom is 0.408 e. The van der Waals surface area contributed by atoms with E-state index in [0.717, 1.165) is 5.56 Å². The highest BCUT2D eigenvalue weighted by Crippen LogP contribution is 2.08. The zero-order chi connectivity index (χ0) is 19.4. The van der Waals surface area contributed by atoms with Crippen LogP contribution in [0.2, 0.25) is 0 Å². The fraction of sp³-hybridized carbons (Fsp3) is 0.400. The zero-order valence-corrected chi connectivity index (χ0v) is 16.1. The Balaban J connectivity index is 2.68. The second-order valence-electron chi connectivity index (χ2n) is 6.54. The minimum Gasteiger partial charge on any atom is -0.444 e. The average molecular weight is 377 g/mol. The van der Waals surface area contributed by atoms with Gasteiger partial charge in [0.25, 0.3) is 0 Å². The normalized spacial score (nSPS) is 12.0. The lowest BCUT2D eigenvalue weighted by atomic mass is 10.1. The number of amides is 2. The third kappa shape index (κ3) is 9.75. The second kappa shape index (κ2) is 11.2. The van der Waals surface area contributed by atoms with Crippen LogP contribution in [0.4, 0.5) is 4.79 Å². The molecule has 0 fully saturated rings. The van der Waals surface area contributed by atoms with Crippen LogP contribution in [0.1, 0.15) is 32.8 Å². The highest BCUT2D eigenvalue weighted by Gasteiger charge is 2.24. The van der Waals surface area contributed by atoms with Crippen molar-refractivity contribution in [3.63, 3.8) is 0 Å². The molecule has 1 atom stereocenters. The molecule has 0 saturated carbocycles. The smallest absolute Gasteiger partial charge is 0.408 e. The number of hydrogen-bond donors (Lipinski definition) is 2. The number of hydrogen-bond acceptors (Lipinski definition) is 3. The molecule has 0 aromatic heterocycles. The lowest BCUT2D eigenvalue weighted by Gasteiger charge is -2.23. The molecule has 5 nitrogen and oxygen atoms in total. The molecule has 2 amide bonds. The van der Waals surface area contributed by atoms with Crippen LogP contribution in [0, 0.1) is 11.8 Å². The minimum absolute atomic E-state index is 0.283. The van der Waals surface area contributed by atoms with Gasteiger partial charge < -0.3 is 15.4 Å². The van der Waals surface area contributed by atoms with E-state index >= 15 is 0 Å². The van der Waals surface area contributed by atoms with Gasteiger partial charge in [0.15, 0.2) is 0 Å². The largest absolute Gasteiger partial charge is 0.444 e. The lowest BCUT2D eigenvalue weighted by molar-refractivity contribution is -0.123. The van der Waals surface area contributed by atoms with Gasteiger partial charge in [-0.05, 0) is 32.4 Å². The van der Waals surface area contributed by atoms with E-state index in [-0.39, 0.29) is 5.91 Å². The minimum atomic E-state index is -0.733. The van der Waals surface area contributed by atoms with Gasteiger partial charge in [-0.3, -0.25) is 4.79 Å². The van der Waals surface area contributed by atoms with Gasteiger partial charge in [-0.25, -0.2) is 4.79 Å². The molecular formula is C20H25ClN2O3. The van der Waals surface area contributed by atoms with E-state index in [0.29, 0.717) is 19.4 Å². The third-order valence-corrected chi connectivity index (χ3v) is 3.21. The van der Waals surface area contributed by atoms with Gasteiger partial charge in [-0.2, -0.15) is 0 Å². The molecule has 6 heteroatoms. The first-order chi connectivity index (χ1) is 12.3. The molecule has 0 aliphatic rings. The number of alkyl carbamates (subject to hydrolysis) is 1. The Morgan fingerprint density at radius 1 is 1.27 bits per heavy atom. The maximum atomic E-state index is 12.5. The number of nitrogens with one attached hydrogen (secondary N) is 2. The van der Waals surface area contributed by atoms with Crippen LogP contribution in [-0.4, -0.2) is 30.2 Å². The van der Waals surface area contributed by atoms with E-state index in [1.54, 1.807) is 20.8 Å². The van der Waals surface area contributed by atoms with Gasteiger partial charge in [0.05, 0.1) is 0 Å². The van der Waals surface area contributed by atoms with Gasteiger partial charge >= 0.3 is 6.09 Å². The number of carbonyl (C=O) groups excluding carboxylic acids is 2. The quantitative estimate of drug-likeness (QED) is 0.590. The number of benzene rings is 1. The average Bonchev–Trinajstić information content (AvgIpc) is 2.56. The summed E-state index contributed by atoms with van der Waals surface area (Å²) in [5, 5.41) is 5.42. The molecule has 1 rings (SSSR count). The molecule has 0 aliphatic carbocycles. The first-order valence-corrected chi connectivity index (χ1v) is 8.80. The van der Waals surface area contributed by atoms with Crippen molar-refractivity contribution in [1.29, 1.82) is 0 Å². The summed E-state index contributed by atoms with van der Waals surface area (Å²) in [6.07, 6.45) is 1.75. The summed E-state index contributed by atoms with van der Waals surface area (Å²) in [5.41, 5.74) is 1.63. The van der Waals surface area contributed by atoms with E-state index in [9.17, 15) is 9.59 Å². The Labute approximate surface area is 160 Å². The molecular weight excluding hydrogens is 352 g/mol. The molecule has 0 radical (unpaired) electrons. The Morgan fingerprint density at radius 2 is 1.96 bits per heavy atom. The van der Waals surface area contributed by atoms with Crippen LogP contribution in [-0.2, 0) is 16.0 Å². The molecule has 140 valence electrons. The Morgan fingerprint density at radius 3 is 2.58 bits per heavy atom. The molecule has 0 spiro atoms.